The summed E-state index contributed by atoms with van der Waals surface area (Å²) >= 11 is 0. The van der Waals surface area contributed by atoms with Crippen LogP contribution < -0.4 is 10.5 Å². The molecule has 0 spiro atoms. The van der Waals surface area contributed by atoms with E-state index in [2.05, 4.69) is 4.72 Å². The van der Waals surface area contributed by atoms with Crippen molar-refractivity contribution in [1.29, 1.82) is 5.41 Å². The SMILES string of the molecule is N=C(N)C1(NS(=O)(=O)N2CCCC2)CCCC1. The summed E-state index contributed by atoms with van der Waals surface area (Å²) in [5, 5.41) is 7.62. The van der Waals surface area contributed by atoms with Crippen molar-refractivity contribution in [1.82, 2.24) is 9.03 Å². The fraction of sp³-hybridized carbons (Fsp3) is 0.900. The van der Waals surface area contributed by atoms with Crippen molar-refractivity contribution in [2.75, 3.05) is 13.1 Å². The van der Waals surface area contributed by atoms with Gasteiger partial charge in [0.25, 0.3) is 10.2 Å². The van der Waals surface area contributed by atoms with Crippen molar-refractivity contribution in [2.24, 2.45) is 5.73 Å². The first-order valence-electron chi connectivity index (χ1n) is 6.10. The van der Waals surface area contributed by atoms with Crippen LogP contribution in [0.25, 0.3) is 0 Å². The number of rotatable bonds is 4. The Morgan fingerprint density at radius 1 is 1.18 bits per heavy atom. The second-order valence-corrected chi connectivity index (χ2v) is 6.59. The molecular formula is C10H20N4O2S. The average Bonchev–Trinajstić information content (AvgIpc) is 2.86. The molecular weight excluding hydrogens is 240 g/mol. The van der Waals surface area contributed by atoms with Crippen LogP contribution in [0.3, 0.4) is 0 Å². The van der Waals surface area contributed by atoms with Crippen LogP contribution in [0.5, 0.6) is 0 Å². The van der Waals surface area contributed by atoms with Crippen LogP contribution in [0, 0.1) is 5.41 Å². The Balaban J connectivity index is 2.15. The molecule has 1 saturated heterocycles. The minimum Gasteiger partial charge on any atom is -0.386 e. The van der Waals surface area contributed by atoms with Crippen LogP contribution in [0.15, 0.2) is 0 Å². The average molecular weight is 260 g/mol. The molecule has 0 aromatic rings. The summed E-state index contributed by atoms with van der Waals surface area (Å²) in [7, 11) is -3.48. The minimum absolute atomic E-state index is 0.0576. The predicted molar refractivity (Wildman–Crippen MR) is 66.0 cm³/mol. The Morgan fingerprint density at radius 2 is 1.71 bits per heavy atom. The van der Waals surface area contributed by atoms with Gasteiger partial charge in [0.2, 0.25) is 0 Å². The van der Waals surface area contributed by atoms with Gasteiger partial charge in [-0.15, -0.1) is 0 Å². The van der Waals surface area contributed by atoms with Crippen molar-refractivity contribution < 1.29 is 8.42 Å². The first-order valence-corrected chi connectivity index (χ1v) is 7.54. The van der Waals surface area contributed by atoms with Gasteiger partial charge in [0.1, 0.15) is 5.84 Å². The van der Waals surface area contributed by atoms with Gasteiger partial charge >= 0.3 is 0 Å². The number of nitrogens with zero attached hydrogens (tertiary/aromatic N) is 1. The van der Waals surface area contributed by atoms with E-state index in [4.69, 9.17) is 11.1 Å². The maximum absolute atomic E-state index is 12.2. The van der Waals surface area contributed by atoms with Crippen molar-refractivity contribution in [3.05, 3.63) is 0 Å². The first kappa shape index (κ1) is 12.8. The highest BCUT2D eigenvalue weighted by Gasteiger charge is 2.42. The molecule has 0 atom stereocenters. The van der Waals surface area contributed by atoms with Gasteiger partial charge in [-0.25, -0.2) is 0 Å². The van der Waals surface area contributed by atoms with Crippen molar-refractivity contribution in [2.45, 2.75) is 44.1 Å². The quantitative estimate of drug-likeness (QED) is 0.496. The van der Waals surface area contributed by atoms with Crippen LogP contribution in [0.4, 0.5) is 0 Å². The molecule has 17 heavy (non-hydrogen) atoms. The molecule has 98 valence electrons. The molecule has 2 aliphatic rings. The second-order valence-electron chi connectivity index (χ2n) is 4.92. The standard InChI is InChI=1S/C10H20N4O2S/c11-9(12)10(5-1-2-6-10)13-17(15,16)14-7-3-4-8-14/h13H,1-8H2,(H3,11,12). The molecule has 0 aromatic carbocycles. The van der Waals surface area contributed by atoms with E-state index in [1.165, 1.54) is 4.31 Å². The summed E-state index contributed by atoms with van der Waals surface area (Å²) in [5.41, 5.74) is 4.74. The maximum atomic E-state index is 12.2. The van der Waals surface area contributed by atoms with Gasteiger partial charge in [-0.05, 0) is 25.7 Å². The summed E-state index contributed by atoms with van der Waals surface area (Å²) in [4.78, 5) is 0. The van der Waals surface area contributed by atoms with Gasteiger partial charge in [-0.2, -0.15) is 17.4 Å². The van der Waals surface area contributed by atoms with Crippen LogP contribution in [0.1, 0.15) is 38.5 Å². The molecule has 1 heterocycles. The van der Waals surface area contributed by atoms with E-state index in [1.54, 1.807) is 0 Å². The molecule has 1 aliphatic heterocycles. The smallest absolute Gasteiger partial charge is 0.280 e. The van der Waals surface area contributed by atoms with Gasteiger partial charge in [-0.1, -0.05) is 12.8 Å². The Labute approximate surface area is 102 Å². The van der Waals surface area contributed by atoms with E-state index in [0.29, 0.717) is 25.9 Å². The summed E-state index contributed by atoms with van der Waals surface area (Å²) in [6.45, 7) is 1.15. The zero-order valence-electron chi connectivity index (χ0n) is 9.91. The highest BCUT2D eigenvalue weighted by atomic mass is 32.2. The first-order chi connectivity index (χ1) is 7.96. The zero-order chi connectivity index (χ0) is 12.5. The monoisotopic (exact) mass is 260 g/mol. The molecule has 0 unspecified atom stereocenters. The fourth-order valence-corrected chi connectivity index (χ4v) is 4.32. The molecule has 0 bridgehead atoms. The Bertz CT molecular complexity index is 395. The summed E-state index contributed by atoms with van der Waals surface area (Å²) in [6.07, 6.45) is 4.93. The Morgan fingerprint density at radius 3 is 2.18 bits per heavy atom. The molecule has 1 aliphatic carbocycles. The third-order valence-corrected chi connectivity index (χ3v) is 5.40. The molecule has 6 nitrogen and oxygen atoms in total. The molecule has 0 aromatic heterocycles. The highest BCUT2D eigenvalue weighted by molar-refractivity contribution is 7.87. The number of amidine groups is 1. The van der Waals surface area contributed by atoms with Gasteiger partial charge in [0.15, 0.2) is 0 Å². The van der Waals surface area contributed by atoms with Gasteiger partial charge in [0, 0.05) is 13.1 Å². The number of nitrogens with two attached hydrogens (primary N) is 1. The molecule has 0 radical (unpaired) electrons. The molecule has 0 amide bonds. The molecule has 4 N–H and O–H groups in total. The van der Waals surface area contributed by atoms with Crippen LogP contribution in [-0.2, 0) is 10.2 Å². The van der Waals surface area contributed by atoms with E-state index >= 15 is 0 Å². The number of hydrogen-bond acceptors (Lipinski definition) is 3. The number of hydrogen-bond donors (Lipinski definition) is 3. The molecule has 2 fully saturated rings. The highest BCUT2D eigenvalue weighted by Crippen LogP contribution is 2.31. The minimum atomic E-state index is -3.48. The maximum Gasteiger partial charge on any atom is 0.280 e. The summed E-state index contributed by atoms with van der Waals surface area (Å²) in [5.74, 6) is -0.0576. The van der Waals surface area contributed by atoms with Crippen molar-refractivity contribution in [3.8, 4) is 0 Å². The van der Waals surface area contributed by atoms with Gasteiger partial charge < -0.3 is 5.73 Å². The van der Waals surface area contributed by atoms with E-state index in [9.17, 15) is 8.42 Å². The van der Waals surface area contributed by atoms with Gasteiger partial charge in [0.05, 0.1) is 5.54 Å². The molecule has 1 saturated carbocycles. The second kappa shape index (κ2) is 4.55. The lowest BCUT2D eigenvalue weighted by atomic mass is 9.98. The summed E-state index contributed by atoms with van der Waals surface area (Å²) < 4.78 is 28.4. The van der Waals surface area contributed by atoms with Crippen molar-refractivity contribution in [3.63, 3.8) is 0 Å². The van der Waals surface area contributed by atoms with E-state index in [1.807, 2.05) is 0 Å². The largest absolute Gasteiger partial charge is 0.386 e. The zero-order valence-corrected chi connectivity index (χ0v) is 10.7. The molecule has 7 heteroatoms. The lowest BCUT2D eigenvalue weighted by Gasteiger charge is -2.30. The van der Waals surface area contributed by atoms with Crippen LogP contribution in [0.2, 0.25) is 0 Å². The lowest BCUT2D eigenvalue weighted by molar-refractivity contribution is 0.430. The van der Waals surface area contributed by atoms with Gasteiger partial charge in [-0.3, -0.25) is 5.41 Å². The normalized spacial score (nSPS) is 25.2. The fourth-order valence-electron chi connectivity index (χ4n) is 2.64. The lowest BCUT2D eigenvalue weighted by Crippen LogP contribution is -2.58. The Kier molecular flexibility index (Phi) is 3.42. The van der Waals surface area contributed by atoms with Crippen LogP contribution >= 0.6 is 0 Å². The van der Waals surface area contributed by atoms with E-state index < -0.39 is 15.7 Å². The third kappa shape index (κ3) is 2.46. The summed E-state index contributed by atoms with van der Waals surface area (Å²) in [6, 6.07) is 0. The van der Waals surface area contributed by atoms with Crippen LogP contribution in [-0.4, -0.2) is 37.2 Å². The number of nitrogens with one attached hydrogen (secondary N) is 2. The predicted octanol–water partition coefficient (Wildman–Crippen LogP) is 0.165. The third-order valence-electron chi connectivity index (χ3n) is 3.70. The Hall–Kier alpha value is -0.660. The van der Waals surface area contributed by atoms with E-state index in [0.717, 1.165) is 25.7 Å². The van der Waals surface area contributed by atoms with E-state index in [-0.39, 0.29) is 5.84 Å². The molecule has 2 rings (SSSR count). The van der Waals surface area contributed by atoms with Crippen molar-refractivity contribution >= 4 is 16.0 Å². The topological polar surface area (TPSA) is 99.3 Å².